The van der Waals surface area contributed by atoms with Gasteiger partial charge in [-0.1, -0.05) is 0 Å². The fourth-order valence-electron chi connectivity index (χ4n) is 2.08. The summed E-state index contributed by atoms with van der Waals surface area (Å²) in [6.07, 6.45) is 3.98. The average molecular weight is 342 g/mol. The van der Waals surface area contributed by atoms with Crippen LogP contribution in [0.2, 0.25) is 0 Å². The molecule has 7 heteroatoms. The molecular weight excluding hydrogens is 320 g/mol. The van der Waals surface area contributed by atoms with E-state index in [1.807, 2.05) is 0 Å². The molecule has 0 atom stereocenters. The van der Waals surface area contributed by atoms with E-state index >= 15 is 0 Å². The van der Waals surface area contributed by atoms with E-state index in [9.17, 15) is 9.59 Å². The van der Waals surface area contributed by atoms with Gasteiger partial charge in [-0.2, -0.15) is 0 Å². The molecule has 0 aliphatic rings. The minimum absolute atomic E-state index is 0.105. The van der Waals surface area contributed by atoms with E-state index < -0.39 is 0 Å². The summed E-state index contributed by atoms with van der Waals surface area (Å²) >= 11 is 0. The van der Waals surface area contributed by atoms with Crippen LogP contribution in [0.25, 0.3) is 0 Å². The maximum atomic E-state index is 11.9. The number of amides is 2. The van der Waals surface area contributed by atoms with Crippen molar-refractivity contribution in [2.24, 2.45) is 5.73 Å². The molecule has 2 rings (SSSR count). The van der Waals surface area contributed by atoms with Crippen LogP contribution < -0.4 is 21.1 Å². The minimum Gasteiger partial charge on any atom is -0.492 e. The van der Waals surface area contributed by atoms with Crippen LogP contribution in [0.1, 0.15) is 23.2 Å². The molecule has 0 radical (unpaired) electrons. The van der Waals surface area contributed by atoms with Gasteiger partial charge in [-0.05, 0) is 42.8 Å². The topological polar surface area (TPSA) is 106 Å². The summed E-state index contributed by atoms with van der Waals surface area (Å²) in [6.45, 7) is 1.33. The molecule has 0 fully saturated rings. The lowest BCUT2D eigenvalue weighted by molar-refractivity contribution is -0.116. The predicted molar refractivity (Wildman–Crippen MR) is 95.4 cm³/mol. The number of anilines is 1. The molecule has 132 valence electrons. The average Bonchev–Trinajstić information content (AvgIpc) is 2.65. The number of nitrogens with zero attached hydrogens (tertiary/aromatic N) is 1. The second-order valence-electron chi connectivity index (χ2n) is 5.31. The highest BCUT2D eigenvalue weighted by atomic mass is 16.5. The summed E-state index contributed by atoms with van der Waals surface area (Å²) in [7, 11) is 0. The largest absolute Gasteiger partial charge is 0.492 e. The molecule has 0 aliphatic carbocycles. The van der Waals surface area contributed by atoms with Gasteiger partial charge in [0.25, 0.3) is 5.91 Å². The van der Waals surface area contributed by atoms with Crippen LogP contribution in [0.5, 0.6) is 5.75 Å². The van der Waals surface area contributed by atoms with E-state index in [0.717, 1.165) is 0 Å². The van der Waals surface area contributed by atoms with Gasteiger partial charge < -0.3 is 21.1 Å². The lowest BCUT2D eigenvalue weighted by Gasteiger charge is -2.08. The Balaban J connectivity index is 1.66. The Morgan fingerprint density at radius 1 is 1.16 bits per heavy atom. The number of carbonyl (C=O) groups is 2. The maximum Gasteiger partial charge on any atom is 0.252 e. The zero-order valence-electron chi connectivity index (χ0n) is 13.9. The molecule has 25 heavy (non-hydrogen) atoms. The zero-order chi connectivity index (χ0) is 17.9. The maximum absolute atomic E-state index is 11.9. The van der Waals surface area contributed by atoms with Gasteiger partial charge >= 0.3 is 0 Å². The molecule has 1 aromatic carbocycles. The van der Waals surface area contributed by atoms with Gasteiger partial charge in [0.05, 0.1) is 5.56 Å². The number of hydrogen-bond donors (Lipinski definition) is 3. The lowest BCUT2D eigenvalue weighted by Crippen LogP contribution is -2.25. The quantitative estimate of drug-likeness (QED) is 0.600. The second kappa shape index (κ2) is 10.0. The Hall–Kier alpha value is -2.93. The van der Waals surface area contributed by atoms with Crippen LogP contribution in [0.15, 0.2) is 48.8 Å². The van der Waals surface area contributed by atoms with Crippen LogP contribution in [0.3, 0.4) is 0 Å². The predicted octanol–water partition coefficient (Wildman–Crippen LogP) is 1.57. The summed E-state index contributed by atoms with van der Waals surface area (Å²) in [5, 5.41) is 5.56. The second-order valence-corrected chi connectivity index (χ2v) is 5.31. The van der Waals surface area contributed by atoms with Crippen LogP contribution in [-0.4, -0.2) is 36.5 Å². The van der Waals surface area contributed by atoms with Crippen molar-refractivity contribution >= 4 is 17.5 Å². The van der Waals surface area contributed by atoms with Crippen LogP contribution in [0.4, 0.5) is 5.69 Å². The molecule has 7 nitrogen and oxygen atoms in total. The van der Waals surface area contributed by atoms with Crippen LogP contribution in [0, 0.1) is 0 Å². The minimum atomic E-state index is -0.193. The van der Waals surface area contributed by atoms with E-state index in [0.29, 0.717) is 49.5 Å². The number of pyridine rings is 1. The number of ether oxygens (including phenoxy) is 1. The van der Waals surface area contributed by atoms with Gasteiger partial charge in [0.15, 0.2) is 0 Å². The van der Waals surface area contributed by atoms with E-state index in [2.05, 4.69) is 15.6 Å². The van der Waals surface area contributed by atoms with Crippen LogP contribution in [-0.2, 0) is 4.79 Å². The number of rotatable bonds is 9. The first-order valence-corrected chi connectivity index (χ1v) is 8.10. The molecule has 0 bridgehead atoms. The smallest absolute Gasteiger partial charge is 0.252 e. The van der Waals surface area contributed by atoms with Crippen molar-refractivity contribution in [3.05, 3.63) is 54.4 Å². The number of hydrogen-bond acceptors (Lipinski definition) is 5. The monoisotopic (exact) mass is 342 g/mol. The highest BCUT2D eigenvalue weighted by Crippen LogP contribution is 2.15. The van der Waals surface area contributed by atoms with Crippen molar-refractivity contribution in [2.75, 3.05) is 25.0 Å². The molecule has 1 heterocycles. The first-order chi connectivity index (χ1) is 12.2. The van der Waals surface area contributed by atoms with E-state index in [4.69, 9.17) is 10.5 Å². The highest BCUT2D eigenvalue weighted by molar-refractivity contribution is 5.94. The Bertz CT molecular complexity index is 674. The summed E-state index contributed by atoms with van der Waals surface area (Å²) in [5.41, 5.74) is 6.57. The SMILES string of the molecule is NCCOc1ccc(NC(=O)CCCNC(=O)c2cccnc2)cc1. The molecular formula is C18H22N4O3. The molecule has 0 saturated carbocycles. The van der Waals surface area contributed by atoms with Gasteiger partial charge in [-0.25, -0.2) is 0 Å². The Kier molecular flexibility index (Phi) is 7.40. The van der Waals surface area contributed by atoms with Crippen molar-refractivity contribution in [3.63, 3.8) is 0 Å². The van der Waals surface area contributed by atoms with Gasteiger partial charge in [-0.15, -0.1) is 0 Å². The Labute approximate surface area is 146 Å². The number of aromatic nitrogens is 1. The fraction of sp³-hybridized carbons (Fsp3) is 0.278. The van der Waals surface area contributed by atoms with E-state index in [1.165, 1.54) is 6.20 Å². The summed E-state index contributed by atoms with van der Waals surface area (Å²) in [4.78, 5) is 27.6. The summed E-state index contributed by atoms with van der Waals surface area (Å²) in [5.74, 6) is 0.411. The van der Waals surface area contributed by atoms with Gasteiger partial charge in [-0.3, -0.25) is 14.6 Å². The Morgan fingerprint density at radius 3 is 2.64 bits per heavy atom. The van der Waals surface area contributed by atoms with Crippen molar-refractivity contribution in [1.82, 2.24) is 10.3 Å². The van der Waals surface area contributed by atoms with Crippen molar-refractivity contribution in [1.29, 1.82) is 0 Å². The van der Waals surface area contributed by atoms with Gasteiger partial charge in [0.2, 0.25) is 5.91 Å². The number of nitrogens with two attached hydrogens (primary N) is 1. The molecule has 0 unspecified atom stereocenters. The molecule has 1 aromatic heterocycles. The number of carbonyl (C=O) groups excluding carboxylic acids is 2. The first kappa shape index (κ1) is 18.4. The fourth-order valence-corrected chi connectivity index (χ4v) is 2.08. The van der Waals surface area contributed by atoms with Crippen molar-refractivity contribution in [3.8, 4) is 5.75 Å². The normalized spacial score (nSPS) is 10.1. The number of benzene rings is 1. The van der Waals surface area contributed by atoms with Crippen molar-refractivity contribution < 1.29 is 14.3 Å². The molecule has 0 spiro atoms. The summed E-state index contributed by atoms with van der Waals surface area (Å²) < 4.78 is 5.37. The zero-order valence-corrected chi connectivity index (χ0v) is 13.9. The standard InChI is InChI=1S/C18H22N4O3/c19-9-12-25-16-7-5-15(6-8-16)22-17(23)4-2-11-21-18(24)14-3-1-10-20-13-14/h1,3,5-8,10,13H,2,4,9,11-12,19H2,(H,21,24)(H,22,23). The molecule has 0 saturated heterocycles. The molecule has 4 N–H and O–H groups in total. The van der Waals surface area contributed by atoms with Crippen molar-refractivity contribution in [2.45, 2.75) is 12.8 Å². The lowest BCUT2D eigenvalue weighted by atomic mass is 10.2. The third-order valence-corrected chi connectivity index (χ3v) is 3.31. The van der Waals surface area contributed by atoms with Gasteiger partial charge in [0.1, 0.15) is 12.4 Å². The molecule has 2 aromatic rings. The van der Waals surface area contributed by atoms with E-state index in [1.54, 1.807) is 42.6 Å². The van der Waals surface area contributed by atoms with Crippen LogP contribution >= 0.6 is 0 Å². The highest BCUT2D eigenvalue weighted by Gasteiger charge is 2.06. The van der Waals surface area contributed by atoms with E-state index in [-0.39, 0.29) is 11.8 Å². The third kappa shape index (κ3) is 6.60. The number of nitrogens with one attached hydrogen (secondary N) is 2. The Morgan fingerprint density at radius 2 is 1.96 bits per heavy atom. The molecule has 0 aliphatic heterocycles. The molecule has 2 amide bonds. The first-order valence-electron chi connectivity index (χ1n) is 8.10. The van der Waals surface area contributed by atoms with Gasteiger partial charge in [0, 0.05) is 37.6 Å². The third-order valence-electron chi connectivity index (χ3n) is 3.31. The summed E-state index contributed by atoms with van der Waals surface area (Å²) in [6, 6.07) is 10.5.